The topological polar surface area (TPSA) is 105 Å². The van der Waals surface area contributed by atoms with Crippen molar-refractivity contribution in [2.24, 2.45) is 0 Å². The van der Waals surface area contributed by atoms with Gasteiger partial charge in [0.2, 0.25) is 0 Å². The molecule has 1 unspecified atom stereocenters. The van der Waals surface area contributed by atoms with Gasteiger partial charge in [-0.1, -0.05) is 30.3 Å². The summed E-state index contributed by atoms with van der Waals surface area (Å²) < 4.78 is 5.12. The minimum atomic E-state index is -1.20. The Morgan fingerprint density at radius 1 is 1.04 bits per heavy atom. The summed E-state index contributed by atoms with van der Waals surface area (Å²) in [5.74, 6) is -2.23. The molecule has 0 saturated heterocycles. The lowest BCUT2D eigenvalue weighted by Gasteiger charge is -2.14. The molecule has 0 aliphatic heterocycles. The molecule has 0 aromatic heterocycles. The van der Waals surface area contributed by atoms with E-state index in [1.807, 2.05) is 30.3 Å². The van der Waals surface area contributed by atoms with Crippen molar-refractivity contribution in [1.82, 2.24) is 5.32 Å². The van der Waals surface area contributed by atoms with E-state index in [1.165, 1.54) is 0 Å². The van der Waals surface area contributed by atoms with Gasteiger partial charge in [0.15, 0.2) is 0 Å². The molecule has 0 radical (unpaired) electrons. The predicted octanol–water partition coefficient (Wildman–Crippen LogP) is 2.43. The fourth-order valence-electron chi connectivity index (χ4n) is 2.36. The Hall–Kier alpha value is -3.35. The van der Waals surface area contributed by atoms with Crippen molar-refractivity contribution < 1.29 is 24.2 Å². The maximum atomic E-state index is 12.2. The largest absolute Gasteiger partial charge is 0.480 e. The zero-order valence-electron chi connectivity index (χ0n) is 15.0. The molecule has 0 aliphatic rings. The molecular weight excluding hydrogens is 348 g/mol. The molecule has 0 fully saturated rings. The van der Waals surface area contributed by atoms with Crippen LogP contribution in [0.5, 0.6) is 0 Å². The number of esters is 1. The van der Waals surface area contributed by atoms with Gasteiger partial charge in [-0.3, -0.25) is 9.59 Å². The Morgan fingerprint density at radius 3 is 2.30 bits per heavy atom. The molecule has 0 spiro atoms. The van der Waals surface area contributed by atoms with Crippen molar-refractivity contribution >= 4 is 23.5 Å². The predicted molar refractivity (Wildman–Crippen MR) is 100 cm³/mol. The average Bonchev–Trinajstić information content (AvgIpc) is 2.70. The molecule has 2 aromatic carbocycles. The summed E-state index contributed by atoms with van der Waals surface area (Å²) in [6, 6.07) is 14.6. The van der Waals surface area contributed by atoms with Gasteiger partial charge in [-0.05, 0) is 36.2 Å². The molecule has 1 atom stereocenters. The highest BCUT2D eigenvalue weighted by molar-refractivity contribution is 5.96. The number of hydrogen-bond acceptors (Lipinski definition) is 5. The average molecular weight is 370 g/mol. The second-order valence-corrected chi connectivity index (χ2v) is 5.88. The van der Waals surface area contributed by atoms with Gasteiger partial charge in [0.1, 0.15) is 12.6 Å². The van der Waals surface area contributed by atoms with E-state index in [0.717, 1.165) is 11.3 Å². The van der Waals surface area contributed by atoms with Crippen LogP contribution in [0.1, 0.15) is 28.8 Å². The number of carbonyl (C=O) groups excluding carboxylic acids is 2. The van der Waals surface area contributed by atoms with Gasteiger partial charge in [0, 0.05) is 24.7 Å². The molecule has 0 bridgehead atoms. The number of amides is 1. The molecule has 0 heterocycles. The van der Waals surface area contributed by atoms with Crippen LogP contribution in [0.25, 0.3) is 0 Å². The number of carboxylic acids is 1. The van der Waals surface area contributed by atoms with Gasteiger partial charge in [0.05, 0.1) is 0 Å². The fourth-order valence-corrected chi connectivity index (χ4v) is 2.36. The first-order chi connectivity index (χ1) is 13.0. The maximum Gasteiger partial charge on any atom is 0.326 e. The first-order valence-corrected chi connectivity index (χ1v) is 8.50. The van der Waals surface area contributed by atoms with Crippen LogP contribution in [-0.2, 0) is 20.9 Å². The van der Waals surface area contributed by atoms with E-state index in [2.05, 4.69) is 10.6 Å². The standard InChI is InChI=1S/C20H22N2O5/c1-21-16-9-7-15(8-10-16)19(24)22-17(20(25)26)11-12-18(23)27-13-14-5-3-2-4-6-14/h2-10,17,21H,11-13H2,1H3,(H,22,24)(H,25,26). The van der Waals surface area contributed by atoms with E-state index in [0.29, 0.717) is 5.56 Å². The SMILES string of the molecule is CNc1ccc(C(=O)NC(CCC(=O)OCc2ccccc2)C(=O)O)cc1. The second-order valence-electron chi connectivity index (χ2n) is 5.88. The van der Waals surface area contributed by atoms with E-state index >= 15 is 0 Å². The summed E-state index contributed by atoms with van der Waals surface area (Å²) in [4.78, 5) is 35.4. The minimum Gasteiger partial charge on any atom is -0.480 e. The summed E-state index contributed by atoms with van der Waals surface area (Å²) in [7, 11) is 1.76. The van der Waals surface area contributed by atoms with Crippen molar-refractivity contribution in [1.29, 1.82) is 0 Å². The van der Waals surface area contributed by atoms with E-state index in [4.69, 9.17) is 4.74 Å². The van der Waals surface area contributed by atoms with Crippen LogP contribution in [-0.4, -0.2) is 36.0 Å². The number of anilines is 1. The van der Waals surface area contributed by atoms with Crippen molar-refractivity contribution in [3.63, 3.8) is 0 Å². The molecule has 142 valence electrons. The van der Waals surface area contributed by atoms with Crippen LogP contribution in [0.3, 0.4) is 0 Å². The Labute approximate surface area is 157 Å². The number of carboxylic acid groups (broad SMARTS) is 1. The highest BCUT2D eigenvalue weighted by Gasteiger charge is 2.22. The van der Waals surface area contributed by atoms with Gasteiger partial charge >= 0.3 is 11.9 Å². The Kier molecular flexibility index (Phi) is 7.37. The lowest BCUT2D eigenvalue weighted by atomic mass is 10.1. The molecular formula is C20H22N2O5. The Balaban J connectivity index is 1.84. The molecule has 0 saturated carbocycles. The van der Waals surface area contributed by atoms with E-state index in [1.54, 1.807) is 31.3 Å². The molecule has 2 rings (SSSR count). The highest BCUT2D eigenvalue weighted by Crippen LogP contribution is 2.10. The summed E-state index contributed by atoms with van der Waals surface area (Å²) in [5, 5.41) is 14.7. The molecule has 27 heavy (non-hydrogen) atoms. The van der Waals surface area contributed by atoms with Crippen molar-refractivity contribution in [2.75, 3.05) is 12.4 Å². The lowest BCUT2D eigenvalue weighted by Crippen LogP contribution is -2.41. The van der Waals surface area contributed by atoms with Crippen LogP contribution in [0.2, 0.25) is 0 Å². The number of nitrogens with one attached hydrogen (secondary N) is 2. The highest BCUT2D eigenvalue weighted by atomic mass is 16.5. The molecule has 2 aromatic rings. The normalized spacial score (nSPS) is 11.3. The van der Waals surface area contributed by atoms with E-state index in [-0.39, 0.29) is 19.4 Å². The van der Waals surface area contributed by atoms with Crippen LogP contribution in [0, 0.1) is 0 Å². The van der Waals surface area contributed by atoms with Crippen LogP contribution in [0.4, 0.5) is 5.69 Å². The van der Waals surface area contributed by atoms with Crippen LogP contribution < -0.4 is 10.6 Å². The molecule has 3 N–H and O–H groups in total. The molecule has 1 amide bonds. The zero-order chi connectivity index (χ0) is 19.6. The fraction of sp³-hybridized carbons (Fsp3) is 0.250. The number of benzene rings is 2. The van der Waals surface area contributed by atoms with E-state index in [9.17, 15) is 19.5 Å². The number of ether oxygens (including phenoxy) is 1. The van der Waals surface area contributed by atoms with Crippen molar-refractivity contribution in [3.05, 3.63) is 65.7 Å². The number of carbonyl (C=O) groups is 3. The smallest absolute Gasteiger partial charge is 0.326 e. The van der Waals surface area contributed by atoms with Crippen LogP contribution in [0.15, 0.2) is 54.6 Å². The summed E-state index contributed by atoms with van der Waals surface area (Å²) in [5.41, 5.74) is 2.02. The maximum absolute atomic E-state index is 12.2. The molecule has 7 heteroatoms. The summed E-state index contributed by atoms with van der Waals surface area (Å²) >= 11 is 0. The van der Waals surface area contributed by atoms with Gasteiger partial charge in [-0.15, -0.1) is 0 Å². The Bertz CT molecular complexity index is 775. The Morgan fingerprint density at radius 2 is 1.70 bits per heavy atom. The zero-order valence-corrected chi connectivity index (χ0v) is 15.0. The monoisotopic (exact) mass is 370 g/mol. The molecule has 0 aliphatic carbocycles. The minimum absolute atomic E-state index is 0.0523. The third kappa shape index (κ3) is 6.47. The van der Waals surface area contributed by atoms with Crippen molar-refractivity contribution in [2.45, 2.75) is 25.5 Å². The second kappa shape index (κ2) is 9.96. The first kappa shape index (κ1) is 20.0. The van der Waals surface area contributed by atoms with Crippen molar-refractivity contribution in [3.8, 4) is 0 Å². The van der Waals surface area contributed by atoms with Gasteiger partial charge in [-0.2, -0.15) is 0 Å². The van der Waals surface area contributed by atoms with Gasteiger partial charge < -0.3 is 20.5 Å². The number of hydrogen-bond donors (Lipinski definition) is 3. The number of aliphatic carboxylic acids is 1. The summed E-state index contributed by atoms with van der Waals surface area (Å²) in [6.07, 6.45) is -0.161. The number of rotatable bonds is 9. The van der Waals surface area contributed by atoms with E-state index < -0.39 is 23.9 Å². The molecule has 7 nitrogen and oxygen atoms in total. The van der Waals surface area contributed by atoms with Gasteiger partial charge in [-0.25, -0.2) is 4.79 Å². The van der Waals surface area contributed by atoms with Gasteiger partial charge in [0.25, 0.3) is 5.91 Å². The van der Waals surface area contributed by atoms with Crippen LogP contribution >= 0.6 is 0 Å². The lowest BCUT2D eigenvalue weighted by molar-refractivity contribution is -0.145. The summed E-state index contributed by atoms with van der Waals surface area (Å²) in [6.45, 7) is 0.127. The first-order valence-electron chi connectivity index (χ1n) is 8.50. The third-order valence-corrected chi connectivity index (χ3v) is 3.92. The third-order valence-electron chi connectivity index (χ3n) is 3.92. The quantitative estimate of drug-likeness (QED) is 0.586.